The van der Waals surface area contributed by atoms with Crippen molar-refractivity contribution in [2.24, 2.45) is 5.92 Å². The third-order valence-corrected chi connectivity index (χ3v) is 3.56. The minimum atomic E-state index is -0.704. The second kappa shape index (κ2) is 6.85. The van der Waals surface area contributed by atoms with Crippen LogP contribution in [0.25, 0.3) is 5.52 Å². The number of carbonyl (C=O) groups excluding carboxylic acids is 1. The van der Waals surface area contributed by atoms with Gasteiger partial charge in [-0.05, 0) is 12.8 Å². The first-order valence-electron chi connectivity index (χ1n) is 7.58. The normalized spacial score (nSPS) is 11.2. The molecule has 2 aromatic heterocycles. The van der Waals surface area contributed by atoms with Crippen LogP contribution < -0.4 is 9.42 Å². The molecule has 0 unspecified atom stereocenters. The number of esters is 1. The fourth-order valence-electron chi connectivity index (χ4n) is 2.44. The van der Waals surface area contributed by atoms with Crippen molar-refractivity contribution in [3.05, 3.63) is 23.6 Å². The summed E-state index contributed by atoms with van der Waals surface area (Å²) in [5.74, 6) is -1.02. The van der Waals surface area contributed by atoms with Gasteiger partial charge in [-0.1, -0.05) is 18.5 Å². The van der Waals surface area contributed by atoms with Gasteiger partial charge in [-0.3, -0.25) is 0 Å². The summed E-state index contributed by atoms with van der Waals surface area (Å²) in [6.07, 6.45) is 1.99. The van der Waals surface area contributed by atoms with Gasteiger partial charge in [-0.25, -0.2) is 9.18 Å². The number of rotatable bonds is 6. The first-order chi connectivity index (χ1) is 10.9. The van der Waals surface area contributed by atoms with Crippen molar-refractivity contribution >= 4 is 11.5 Å². The molecule has 0 saturated heterocycles. The van der Waals surface area contributed by atoms with E-state index in [0.717, 1.165) is 6.42 Å². The lowest BCUT2D eigenvalue weighted by molar-refractivity contribution is -0.768. The van der Waals surface area contributed by atoms with E-state index in [1.165, 1.54) is 28.6 Å². The minimum Gasteiger partial charge on any atom is -0.493 e. The van der Waals surface area contributed by atoms with Gasteiger partial charge in [0.05, 0.1) is 13.7 Å². The van der Waals surface area contributed by atoms with Gasteiger partial charge in [-0.2, -0.15) is 0 Å². The van der Waals surface area contributed by atoms with E-state index in [2.05, 4.69) is 0 Å². The van der Waals surface area contributed by atoms with Gasteiger partial charge in [0, 0.05) is 12.5 Å². The van der Waals surface area contributed by atoms with E-state index in [-0.39, 0.29) is 23.8 Å². The van der Waals surface area contributed by atoms with E-state index in [1.807, 2.05) is 13.8 Å². The van der Waals surface area contributed by atoms with E-state index in [0.29, 0.717) is 18.0 Å². The molecule has 0 amide bonds. The highest BCUT2D eigenvalue weighted by atomic mass is 19.1. The summed E-state index contributed by atoms with van der Waals surface area (Å²) in [5.41, 5.74) is 0.262. The van der Waals surface area contributed by atoms with Crippen LogP contribution in [0, 0.1) is 11.7 Å². The maximum atomic E-state index is 13.7. The molecule has 2 rings (SSSR count). The second-order valence-electron chi connectivity index (χ2n) is 5.65. The van der Waals surface area contributed by atoms with E-state index in [4.69, 9.17) is 9.47 Å². The Hall–Kier alpha value is -2.31. The Balaban J connectivity index is 2.72. The second-order valence-corrected chi connectivity index (χ2v) is 5.65. The number of aromatic hydroxyl groups is 1. The number of halogens is 1. The SMILES string of the molecule is CCOC(=O)c1c(OC)c2cc(F)cn2[n+](CCC(C)C)c1O. The molecule has 0 aliphatic heterocycles. The van der Waals surface area contributed by atoms with Crippen molar-refractivity contribution in [1.82, 2.24) is 4.52 Å². The maximum Gasteiger partial charge on any atom is 0.408 e. The zero-order valence-corrected chi connectivity index (χ0v) is 13.8. The molecular formula is C16H22FN2O4+. The Bertz CT molecular complexity index is 725. The van der Waals surface area contributed by atoms with Crippen molar-refractivity contribution in [2.45, 2.75) is 33.7 Å². The molecule has 2 heterocycles. The molecule has 0 saturated carbocycles. The number of hydrogen-bond donors (Lipinski definition) is 1. The number of nitrogens with zero attached hydrogens (tertiary/aromatic N) is 2. The average molecular weight is 325 g/mol. The predicted molar refractivity (Wildman–Crippen MR) is 81.2 cm³/mol. The number of carbonyl (C=O) groups is 1. The highest BCUT2D eigenvalue weighted by Crippen LogP contribution is 2.31. The number of aromatic nitrogens is 2. The quantitative estimate of drug-likeness (QED) is 0.654. The Morgan fingerprint density at radius 3 is 2.74 bits per heavy atom. The fraction of sp³-hybridized carbons (Fsp3) is 0.500. The van der Waals surface area contributed by atoms with Crippen molar-refractivity contribution < 1.29 is 28.4 Å². The van der Waals surface area contributed by atoms with Crippen molar-refractivity contribution in [2.75, 3.05) is 13.7 Å². The molecule has 6 nitrogen and oxygen atoms in total. The molecule has 0 atom stereocenters. The number of fused-ring (bicyclic) bond motifs is 1. The standard InChI is InChI=1S/C16H21FN2O4/c1-5-23-16(21)13-14(22-4)12-8-11(17)9-19(12)18(15(13)20)7-6-10(2)3/h8-10H,5-7H2,1-4H3/p+1. The zero-order chi connectivity index (χ0) is 17.1. The summed E-state index contributed by atoms with van der Waals surface area (Å²) < 4.78 is 26.9. The molecule has 0 spiro atoms. The smallest absolute Gasteiger partial charge is 0.408 e. The number of ether oxygens (including phenoxy) is 2. The Morgan fingerprint density at radius 1 is 1.48 bits per heavy atom. The zero-order valence-electron chi connectivity index (χ0n) is 13.8. The van der Waals surface area contributed by atoms with E-state index < -0.39 is 11.8 Å². The first-order valence-corrected chi connectivity index (χ1v) is 7.58. The third kappa shape index (κ3) is 3.23. The number of hydrogen-bond acceptors (Lipinski definition) is 4. The van der Waals surface area contributed by atoms with Crippen LogP contribution in [0.4, 0.5) is 4.39 Å². The summed E-state index contributed by atoms with van der Waals surface area (Å²) in [5, 5.41) is 10.6. The molecule has 0 aliphatic carbocycles. The Morgan fingerprint density at radius 2 is 2.17 bits per heavy atom. The van der Waals surface area contributed by atoms with Gasteiger partial charge in [0.15, 0.2) is 17.8 Å². The lowest BCUT2D eigenvalue weighted by atomic mass is 10.1. The lowest BCUT2D eigenvalue weighted by Crippen LogP contribution is -2.43. The van der Waals surface area contributed by atoms with Crippen LogP contribution in [0.15, 0.2) is 12.3 Å². The van der Waals surface area contributed by atoms with E-state index in [1.54, 1.807) is 6.92 Å². The Labute approximate surface area is 134 Å². The highest BCUT2D eigenvalue weighted by Gasteiger charge is 2.33. The molecule has 0 fully saturated rings. The van der Waals surface area contributed by atoms with Crippen LogP contribution in [-0.2, 0) is 11.3 Å². The molecule has 126 valence electrons. The van der Waals surface area contributed by atoms with Crippen molar-refractivity contribution in [1.29, 1.82) is 0 Å². The molecular weight excluding hydrogens is 303 g/mol. The summed E-state index contributed by atoms with van der Waals surface area (Å²) in [4.78, 5) is 12.2. The maximum absolute atomic E-state index is 13.7. The van der Waals surface area contributed by atoms with Gasteiger partial charge in [0.1, 0.15) is 12.0 Å². The molecule has 1 N–H and O–H groups in total. The molecule has 7 heteroatoms. The van der Waals surface area contributed by atoms with Crippen LogP contribution >= 0.6 is 0 Å². The molecule has 0 radical (unpaired) electrons. The molecule has 0 bridgehead atoms. The number of methoxy groups -OCH3 is 1. The van der Waals surface area contributed by atoms with Gasteiger partial charge in [0.2, 0.25) is 5.56 Å². The van der Waals surface area contributed by atoms with Crippen LogP contribution in [-0.4, -0.2) is 29.3 Å². The lowest BCUT2D eigenvalue weighted by Gasteiger charge is -2.12. The van der Waals surface area contributed by atoms with Gasteiger partial charge >= 0.3 is 11.8 Å². The van der Waals surface area contributed by atoms with Gasteiger partial charge < -0.3 is 14.6 Å². The van der Waals surface area contributed by atoms with Crippen LogP contribution in [0.3, 0.4) is 0 Å². The fourth-order valence-corrected chi connectivity index (χ4v) is 2.44. The topological polar surface area (TPSA) is 64.0 Å². The largest absolute Gasteiger partial charge is 0.493 e. The Kier molecular flexibility index (Phi) is 5.08. The molecule has 23 heavy (non-hydrogen) atoms. The van der Waals surface area contributed by atoms with Gasteiger partial charge in [0.25, 0.3) is 0 Å². The summed E-state index contributed by atoms with van der Waals surface area (Å²) in [6.45, 7) is 6.34. The minimum absolute atomic E-state index is 0.0886. The number of aryl methyl sites for hydroxylation is 1. The monoisotopic (exact) mass is 325 g/mol. The summed E-state index contributed by atoms with van der Waals surface area (Å²) in [7, 11) is 1.36. The van der Waals surface area contributed by atoms with Crippen LogP contribution in [0.2, 0.25) is 0 Å². The van der Waals surface area contributed by atoms with Gasteiger partial charge in [-0.15, -0.1) is 4.52 Å². The molecule has 2 aromatic rings. The van der Waals surface area contributed by atoms with Crippen LogP contribution in [0.1, 0.15) is 37.6 Å². The molecule has 0 aliphatic rings. The summed E-state index contributed by atoms with van der Waals surface area (Å²) >= 11 is 0. The first kappa shape index (κ1) is 17.1. The van der Waals surface area contributed by atoms with Crippen molar-refractivity contribution in [3.63, 3.8) is 0 Å². The highest BCUT2D eigenvalue weighted by molar-refractivity contribution is 5.97. The predicted octanol–water partition coefficient (Wildman–Crippen LogP) is 2.30. The van der Waals surface area contributed by atoms with Crippen LogP contribution in [0.5, 0.6) is 11.6 Å². The molecule has 0 aromatic carbocycles. The summed E-state index contributed by atoms with van der Waals surface area (Å²) in [6, 6.07) is 1.26. The average Bonchev–Trinajstić information content (AvgIpc) is 2.86. The van der Waals surface area contributed by atoms with E-state index in [9.17, 15) is 14.3 Å². The van der Waals surface area contributed by atoms with E-state index >= 15 is 0 Å². The third-order valence-electron chi connectivity index (χ3n) is 3.56. The van der Waals surface area contributed by atoms with Crippen molar-refractivity contribution in [3.8, 4) is 11.6 Å².